The van der Waals surface area contributed by atoms with Crippen LogP contribution < -0.4 is 102 Å². The maximum atomic E-state index is 7.30. The molecule has 0 bridgehead atoms. The van der Waals surface area contributed by atoms with Crippen LogP contribution in [0, 0.1) is 0 Å². The van der Waals surface area contributed by atoms with Gasteiger partial charge in [0, 0.05) is 65.2 Å². The highest BCUT2D eigenvalue weighted by Gasteiger charge is 2.45. The molecule has 21 rings (SSSR count). The molecule has 114 heavy (non-hydrogen) atoms. The van der Waals surface area contributed by atoms with E-state index < -0.39 is 0 Å². The van der Waals surface area contributed by atoms with Crippen molar-refractivity contribution in [2.75, 3.05) is 4.90 Å². The molecule has 0 N–H and O–H groups in total. The molecule has 16 aromatic rings. The first-order valence-corrected chi connectivity index (χ1v) is 39.7. The zero-order valence-electron chi connectivity index (χ0n) is 64.3. The van der Waals surface area contributed by atoms with Crippen LogP contribution in [0.3, 0.4) is 0 Å². The predicted octanol–water partition coefficient (Wildman–Crippen LogP) is 9.62. The van der Waals surface area contributed by atoms with Gasteiger partial charge in [0.1, 0.15) is 101 Å². The van der Waals surface area contributed by atoms with E-state index in [4.69, 9.17) is 87.9 Å². The van der Waals surface area contributed by atoms with Gasteiger partial charge in [-0.2, -0.15) is 0 Å². The SMILES string of the molecule is [B]c1c([B])c([B])c(-c2ccc3c(c2)c2cc(-c4c([B])c([B])c([B])c([B])c4[B])ccc2n3-c2ccc3c(c2)N(c2ccc(-c4cccc5c4C(C)(C)CCC5(C)C)cc2)c2cc(-c4cc5c6c(c4)Oc4cc(C(C)(C)C)ccc4B6c4ccccc4O5)cc4c2B3c2ccc(-n3c5ccccc5c5ccccc53)cc2S4)c([B])c1[B]. The lowest BCUT2D eigenvalue weighted by Gasteiger charge is -2.43. The van der Waals surface area contributed by atoms with E-state index in [0.717, 1.165) is 145 Å². The van der Waals surface area contributed by atoms with Gasteiger partial charge in [-0.1, -0.05) is 209 Å². The Morgan fingerprint density at radius 2 is 0.842 bits per heavy atom. The normalized spacial score (nSPS) is 14.6. The van der Waals surface area contributed by atoms with Gasteiger partial charge in [0.25, 0.3) is 6.71 Å². The standard InChI is InChI=1S/C96H63B12N3O2S/c1-94(2,3)53-27-32-65-74(45-53)113-76-43-52(42-75-93(76)108(65)64-19-10-13-22-73(64)112-75)51-41-72-92-78(44-51)114-77-47-56(111-67-20-11-8-15-58(67)59-16-9-12-21-68(59)111)31-34-66(77)107(92)63-33-30-55(46-71(63)109(72)54-28-23-48(24-29-54)57-17-14-18-62-81(57)96(6,7)38-37-95(62,4)5)110-69-35-25-49(79-82(97)86(101)90(105)87(102)83(79)98)39-60(69)61-40-50(26-36-70(61)110)80-84(99)88(103)91(106)89(104)85(80)100/h8-36,39-47H,37-38H2,1-7H3. The predicted molar refractivity (Wildman–Crippen MR) is 492 cm³/mol. The summed E-state index contributed by atoms with van der Waals surface area (Å²) in [6.07, 6.45) is 2.20. The van der Waals surface area contributed by atoms with Crippen molar-refractivity contribution in [3.05, 3.63) is 247 Å². The first-order valence-electron chi connectivity index (χ1n) is 38.9. The van der Waals surface area contributed by atoms with Gasteiger partial charge >= 0.3 is 0 Å². The molecule has 6 heterocycles. The quantitative estimate of drug-likeness (QED) is 0.149. The monoisotopic (exact) mass is 1450 g/mol. The number of hydrogen-bond acceptors (Lipinski definition) is 4. The van der Waals surface area contributed by atoms with Crippen molar-refractivity contribution >= 4 is 252 Å². The highest BCUT2D eigenvalue weighted by molar-refractivity contribution is 8.00. The van der Waals surface area contributed by atoms with Crippen LogP contribution in [0.4, 0.5) is 17.1 Å². The maximum absolute atomic E-state index is 7.30. The Labute approximate surface area is 683 Å². The van der Waals surface area contributed by atoms with E-state index in [0.29, 0.717) is 22.3 Å². The molecule has 0 fully saturated rings. The molecule has 0 atom stereocenters. The van der Waals surface area contributed by atoms with Crippen molar-refractivity contribution in [2.24, 2.45) is 0 Å². The molecule has 5 nitrogen and oxygen atoms in total. The number of fused-ring (bicyclic) bond motifs is 15. The van der Waals surface area contributed by atoms with Gasteiger partial charge in [-0.05, 0) is 221 Å². The average Bonchev–Trinajstić information content (AvgIpc) is 0.894. The summed E-state index contributed by atoms with van der Waals surface area (Å²) in [5.74, 6) is 3.21. The number of aromatic nitrogens is 2. The van der Waals surface area contributed by atoms with Crippen LogP contribution in [-0.2, 0) is 16.2 Å². The fourth-order valence-corrected chi connectivity index (χ4v) is 20.7. The number of hydrogen-bond donors (Lipinski definition) is 0. The fraction of sp³-hybridized carbons (Fsp3) is 0.125. The molecule has 2 aromatic heterocycles. The number of ether oxygens (including phenoxy) is 2. The third-order valence-electron chi connectivity index (χ3n) is 25.4. The van der Waals surface area contributed by atoms with E-state index in [-0.39, 0.29) is 84.3 Å². The molecular formula is C96H63B12N3O2S. The minimum atomic E-state index is -0.245. The van der Waals surface area contributed by atoms with Crippen molar-refractivity contribution in [3.8, 4) is 78.9 Å². The highest BCUT2D eigenvalue weighted by Crippen LogP contribution is 2.52. The topological polar surface area (TPSA) is 31.6 Å². The first-order chi connectivity index (χ1) is 54.8. The average molecular weight is 1450 g/mol. The molecule has 5 aliphatic rings. The van der Waals surface area contributed by atoms with Gasteiger partial charge < -0.3 is 23.5 Å². The highest BCUT2D eigenvalue weighted by atomic mass is 32.2. The molecule has 0 unspecified atom stereocenters. The molecule has 0 amide bonds. The first kappa shape index (κ1) is 71.0. The number of rotatable bonds is 7. The third kappa shape index (κ3) is 10.4. The summed E-state index contributed by atoms with van der Waals surface area (Å²) >= 11 is 1.83. The van der Waals surface area contributed by atoms with E-state index in [9.17, 15) is 0 Å². The van der Waals surface area contributed by atoms with E-state index in [1.165, 1.54) is 44.0 Å². The molecule has 4 aliphatic heterocycles. The second-order valence-electron chi connectivity index (χ2n) is 33.9. The van der Waals surface area contributed by atoms with E-state index in [2.05, 4.69) is 281 Å². The van der Waals surface area contributed by atoms with E-state index in [1.54, 1.807) is 0 Å². The zero-order chi connectivity index (χ0) is 78.4. The van der Waals surface area contributed by atoms with E-state index >= 15 is 0 Å². The van der Waals surface area contributed by atoms with Crippen molar-refractivity contribution < 1.29 is 9.47 Å². The lowest BCUT2D eigenvalue weighted by molar-refractivity contribution is 0.333. The smallest absolute Gasteiger partial charge is 0.260 e. The summed E-state index contributed by atoms with van der Waals surface area (Å²) in [6, 6.07) is 84.6. The Hall–Kier alpha value is -10.8. The molecule has 0 saturated heterocycles. The van der Waals surface area contributed by atoms with Crippen molar-refractivity contribution in [1.82, 2.24) is 9.13 Å². The second-order valence-corrected chi connectivity index (χ2v) is 35.0. The van der Waals surface area contributed by atoms with Gasteiger partial charge in [0.05, 0.1) is 22.1 Å². The number of para-hydroxylation sites is 3. The lowest BCUT2D eigenvalue weighted by atomic mass is 9.34. The van der Waals surface area contributed by atoms with Crippen LogP contribution in [0.5, 0.6) is 23.0 Å². The second kappa shape index (κ2) is 25.4. The number of benzene rings is 14. The van der Waals surface area contributed by atoms with Crippen LogP contribution in [0.25, 0.3) is 99.5 Å². The summed E-state index contributed by atoms with van der Waals surface area (Å²) in [7, 11) is 67.0. The van der Waals surface area contributed by atoms with Gasteiger partial charge in [0.15, 0.2) is 0 Å². The van der Waals surface area contributed by atoms with Crippen molar-refractivity contribution in [3.63, 3.8) is 0 Å². The molecule has 18 heteroatoms. The molecular weight excluding hydrogens is 1390 g/mol. The van der Waals surface area contributed by atoms with Crippen molar-refractivity contribution in [1.29, 1.82) is 0 Å². The van der Waals surface area contributed by atoms with E-state index in [1.807, 2.05) is 23.9 Å². The summed E-state index contributed by atoms with van der Waals surface area (Å²) < 4.78 is 19.2. The van der Waals surface area contributed by atoms with Crippen LogP contribution in [-0.4, -0.2) is 101 Å². The van der Waals surface area contributed by atoms with Gasteiger partial charge in [-0.15, -0.1) is 32.8 Å². The minimum Gasteiger partial charge on any atom is -0.458 e. The minimum absolute atomic E-state index is 0.0193. The summed E-state index contributed by atoms with van der Waals surface area (Å²) in [5.41, 5.74) is 28.0. The zero-order valence-corrected chi connectivity index (χ0v) is 65.2. The molecule has 20 radical (unpaired) electrons. The molecule has 1 aliphatic carbocycles. The summed E-state index contributed by atoms with van der Waals surface area (Å²) in [6.45, 7) is 16.0. The Morgan fingerprint density at radius 3 is 1.46 bits per heavy atom. The Morgan fingerprint density at radius 1 is 0.351 bits per heavy atom. The van der Waals surface area contributed by atoms with Gasteiger partial charge in [0.2, 0.25) is 6.71 Å². The summed E-state index contributed by atoms with van der Waals surface area (Å²) in [4.78, 5) is 4.80. The Balaban J connectivity index is 0.827. The largest absolute Gasteiger partial charge is 0.458 e. The van der Waals surface area contributed by atoms with Crippen molar-refractivity contribution in [2.45, 2.75) is 87.3 Å². The maximum Gasteiger partial charge on any atom is 0.260 e. The molecule has 14 aromatic carbocycles. The number of anilines is 3. The number of nitrogens with zero attached hydrogens (tertiary/aromatic N) is 3. The third-order valence-corrected chi connectivity index (χ3v) is 26.6. The van der Waals surface area contributed by atoms with Crippen LogP contribution >= 0.6 is 11.8 Å². The van der Waals surface area contributed by atoms with Gasteiger partial charge in [-0.25, -0.2) is 0 Å². The van der Waals surface area contributed by atoms with Crippen LogP contribution in [0.1, 0.15) is 78.0 Å². The molecule has 0 spiro atoms. The molecule has 516 valence electrons. The van der Waals surface area contributed by atoms with Gasteiger partial charge in [-0.3, -0.25) is 0 Å². The van der Waals surface area contributed by atoms with Crippen LogP contribution in [0.2, 0.25) is 0 Å². The Kier molecular flexibility index (Phi) is 15.8. The Bertz CT molecular complexity index is 6760. The fourth-order valence-electron chi connectivity index (χ4n) is 19.4. The lowest BCUT2D eigenvalue weighted by Crippen LogP contribution is -2.59. The van der Waals surface area contributed by atoms with Crippen LogP contribution in [0.15, 0.2) is 240 Å². The molecule has 0 saturated carbocycles. The summed E-state index contributed by atoms with van der Waals surface area (Å²) in [5, 5.41) is 4.08.